The number of hydrogen-bond donors (Lipinski definition) is 0. The summed E-state index contributed by atoms with van der Waals surface area (Å²) in [5.41, 5.74) is 0. The summed E-state index contributed by atoms with van der Waals surface area (Å²) in [4.78, 5) is 11.2. The fraction of sp³-hybridized carbons (Fsp3) is 0.889. The van der Waals surface area contributed by atoms with Gasteiger partial charge in [-0.3, -0.25) is 4.79 Å². The summed E-state index contributed by atoms with van der Waals surface area (Å²) in [5, 5.41) is 0. The first-order valence-corrected chi connectivity index (χ1v) is 4.52. The maximum absolute atomic E-state index is 11.2. The first kappa shape index (κ1) is 8.20. The zero-order valence-corrected chi connectivity index (χ0v) is 7.34. The zero-order chi connectivity index (χ0) is 8.60. The zero-order valence-electron chi connectivity index (χ0n) is 7.34. The summed E-state index contributed by atoms with van der Waals surface area (Å²) in [6.45, 7) is 3.37. The molecule has 3 nitrogen and oxygen atoms in total. The highest BCUT2D eigenvalue weighted by Crippen LogP contribution is 2.38. The lowest BCUT2D eigenvalue weighted by molar-refractivity contribution is -0.206. The lowest BCUT2D eigenvalue weighted by Crippen LogP contribution is -2.43. The third-order valence-corrected chi connectivity index (χ3v) is 2.83. The molecule has 12 heavy (non-hydrogen) atoms. The van der Waals surface area contributed by atoms with Crippen LogP contribution in [0.5, 0.6) is 0 Å². The van der Waals surface area contributed by atoms with Gasteiger partial charge < -0.3 is 9.47 Å². The van der Waals surface area contributed by atoms with Crippen molar-refractivity contribution < 1.29 is 14.3 Å². The van der Waals surface area contributed by atoms with Gasteiger partial charge in [-0.15, -0.1) is 0 Å². The average molecular weight is 170 g/mol. The molecule has 2 fully saturated rings. The minimum Gasteiger partial charge on any atom is -0.347 e. The van der Waals surface area contributed by atoms with E-state index in [4.69, 9.17) is 9.47 Å². The molecule has 0 aromatic rings. The molecule has 1 aliphatic heterocycles. The first-order chi connectivity index (χ1) is 5.73. The van der Waals surface area contributed by atoms with Crippen molar-refractivity contribution in [2.24, 2.45) is 5.92 Å². The van der Waals surface area contributed by atoms with Crippen molar-refractivity contribution in [2.75, 3.05) is 13.2 Å². The van der Waals surface area contributed by atoms with Crippen LogP contribution in [0, 0.1) is 5.92 Å². The van der Waals surface area contributed by atoms with Gasteiger partial charge in [0.05, 0.1) is 19.6 Å². The van der Waals surface area contributed by atoms with Gasteiger partial charge in [0.1, 0.15) is 5.78 Å². The van der Waals surface area contributed by atoms with E-state index in [1.807, 2.05) is 0 Å². The molecular formula is C9H14O3. The molecule has 1 atom stereocenters. The SMILES string of the molecule is CC1CCC(=O)CC12OCCO2. The Morgan fingerprint density at radius 2 is 2.08 bits per heavy atom. The molecule has 1 heterocycles. The third kappa shape index (κ3) is 1.17. The number of carbonyl (C=O) groups is 1. The summed E-state index contributed by atoms with van der Waals surface area (Å²) >= 11 is 0. The van der Waals surface area contributed by atoms with E-state index in [2.05, 4.69) is 6.92 Å². The lowest BCUT2D eigenvalue weighted by atomic mass is 9.84. The predicted molar refractivity (Wildman–Crippen MR) is 42.7 cm³/mol. The van der Waals surface area contributed by atoms with E-state index in [1.165, 1.54) is 0 Å². The van der Waals surface area contributed by atoms with E-state index in [1.54, 1.807) is 0 Å². The molecule has 0 aromatic heterocycles. The number of ether oxygens (including phenoxy) is 2. The van der Waals surface area contributed by atoms with Crippen molar-refractivity contribution >= 4 is 5.78 Å². The predicted octanol–water partition coefficient (Wildman–Crippen LogP) is 1.12. The van der Waals surface area contributed by atoms with Crippen molar-refractivity contribution in [3.05, 3.63) is 0 Å². The van der Waals surface area contributed by atoms with Crippen LogP contribution in [0.3, 0.4) is 0 Å². The largest absolute Gasteiger partial charge is 0.347 e. The topological polar surface area (TPSA) is 35.5 Å². The molecule has 0 aromatic carbocycles. The number of ketones is 1. The highest BCUT2D eigenvalue weighted by molar-refractivity contribution is 5.80. The summed E-state index contributed by atoms with van der Waals surface area (Å²) in [6.07, 6.45) is 2.04. The normalized spacial score (nSPS) is 34.4. The Hall–Kier alpha value is -0.410. The summed E-state index contributed by atoms with van der Waals surface area (Å²) in [5.74, 6) is 0.0858. The van der Waals surface area contributed by atoms with E-state index in [-0.39, 0.29) is 5.78 Å². The highest BCUT2D eigenvalue weighted by Gasteiger charge is 2.46. The van der Waals surface area contributed by atoms with Gasteiger partial charge in [0.25, 0.3) is 0 Å². The molecule has 0 radical (unpaired) electrons. The van der Waals surface area contributed by atoms with E-state index in [0.717, 1.165) is 6.42 Å². The van der Waals surface area contributed by atoms with Crippen LogP contribution in [0.25, 0.3) is 0 Å². The third-order valence-electron chi connectivity index (χ3n) is 2.83. The fourth-order valence-corrected chi connectivity index (χ4v) is 1.99. The van der Waals surface area contributed by atoms with Crippen LogP contribution in [0.1, 0.15) is 26.2 Å². The molecule has 68 valence electrons. The van der Waals surface area contributed by atoms with E-state index in [9.17, 15) is 4.79 Å². The van der Waals surface area contributed by atoms with Crippen LogP contribution >= 0.6 is 0 Å². The van der Waals surface area contributed by atoms with Crippen LogP contribution in [-0.2, 0) is 14.3 Å². The Bertz CT molecular complexity index is 194. The molecule has 1 saturated heterocycles. The minimum absolute atomic E-state index is 0.273. The molecule has 3 heteroatoms. The monoisotopic (exact) mass is 170 g/mol. The molecule has 0 amide bonds. The van der Waals surface area contributed by atoms with E-state index in [0.29, 0.717) is 32.0 Å². The lowest BCUT2D eigenvalue weighted by Gasteiger charge is -2.36. The second kappa shape index (κ2) is 2.82. The van der Waals surface area contributed by atoms with Crippen LogP contribution in [-0.4, -0.2) is 24.8 Å². The van der Waals surface area contributed by atoms with Gasteiger partial charge >= 0.3 is 0 Å². The smallest absolute Gasteiger partial charge is 0.177 e. The van der Waals surface area contributed by atoms with Crippen LogP contribution < -0.4 is 0 Å². The van der Waals surface area contributed by atoms with Crippen LogP contribution in [0.2, 0.25) is 0 Å². The quantitative estimate of drug-likeness (QED) is 0.546. The Labute approximate surface area is 72.0 Å². The maximum Gasteiger partial charge on any atom is 0.177 e. The Morgan fingerprint density at radius 1 is 1.42 bits per heavy atom. The Kier molecular flexibility index (Phi) is 1.93. The summed E-state index contributed by atoms with van der Waals surface area (Å²) < 4.78 is 11.0. The molecule has 1 saturated carbocycles. The highest BCUT2D eigenvalue weighted by atomic mass is 16.7. The number of carbonyl (C=O) groups excluding carboxylic acids is 1. The van der Waals surface area contributed by atoms with Gasteiger partial charge in [0.15, 0.2) is 5.79 Å². The summed E-state index contributed by atoms with van der Waals surface area (Å²) in [7, 11) is 0. The van der Waals surface area contributed by atoms with Gasteiger partial charge in [0, 0.05) is 12.3 Å². The second-order valence-electron chi connectivity index (χ2n) is 3.66. The van der Waals surface area contributed by atoms with Gasteiger partial charge in [-0.2, -0.15) is 0 Å². The summed E-state index contributed by atoms with van der Waals surface area (Å²) in [6, 6.07) is 0. The Morgan fingerprint density at radius 3 is 2.75 bits per heavy atom. The van der Waals surface area contributed by atoms with Crippen molar-refractivity contribution in [2.45, 2.75) is 32.0 Å². The number of Topliss-reactive ketones (excluding diaryl/α,β-unsaturated/α-hetero) is 1. The van der Waals surface area contributed by atoms with Crippen molar-refractivity contribution in [1.29, 1.82) is 0 Å². The average Bonchev–Trinajstić information content (AvgIpc) is 2.48. The molecule has 1 unspecified atom stereocenters. The molecule has 0 bridgehead atoms. The van der Waals surface area contributed by atoms with Crippen molar-refractivity contribution in [3.8, 4) is 0 Å². The van der Waals surface area contributed by atoms with Crippen molar-refractivity contribution in [3.63, 3.8) is 0 Å². The van der Waals surface area contributed by atoms with Gasteiger partial charge in [0.2, 0.25) is 0 Å². The molecule has 1 spiro atoms. The standard InChI is InChI=1S/C9H14O3/c1-7-2-3-8(10)6-9(7)11-4-5-12-9/h7H,2-6H2,1H3. The second-order valence-corrected chi connectivity index (χ2v) is 3.66. The van der Waals surface area contributed by atoms with Crippen LogP contribution in [0.15, 0.2) is 0 Å². The van der Waals surface area contributed by atoms with Crippen molar-refractivity contribution in [1.82, 2.24) is 0 Å². The minimum atomic E-state index is -0.546. The molecule has 0 N–H and O–H groups in total. The number of hydrogen-bond acceptors (Lipinski definition) is 3. The molecule has 1 aliphatic carbocycles. The molecular weight excluding hydrogens is 156 g/mol. The van der Waals surface area contributed by atoms with E-state index < -0.39 is 5.79 Å². The van der Waals surface area contributed by atoms with Gasteiger partial charge in [-0.25, -0.2) is 0 Å². The Balaban J connectivity index is 2.14. The van der Waals surface area contributed by atoms with Gasteiger partial charge in [-0.05, 0) is 6.42 Å². The van der Waals surface area contributed by atoms with E-state index >= 15 is 0 Å². The fourth-order valence-electron chi connectivity index (χ4n) is 1.99. The number of rotatable bonds is 0. The molecule has 2 rings (SSSR count). The van der Waals surface area contributed by atoms with Crippen LogP contribution in [0.4, 0.5) is 0 Å². The first-order valence-electron chi connectivity index (χ1n) is 4.52. The maximum atomic E-state index is 11.2. The van der Waals surface area contributed by atoms with Gasteiger partial charge in [-0.1, -0.05) is 6.92 Å². The molecule has 2 aliphatic rings.